The molecule has 3 rings (SSSR count). The Kier molecular flexibility index (Phi) is 4.33. The summed E-state index contributed by atoms with van der Waals surface area (Å²) >= 11 is 0. The van der Waals surface area contributed by atoms with Gasteiger partial charge in [-0.05, 0) is 11.6 Å². The lowest BCUT2D eigenvalue weighted by atomic mass is 10.1. The van der Waals surface area contributed by atoms with Crippen molar-refractivity contribution in [3.8, 4) is 11.3 Å². The third kappa shape index (κ3) is 3.52. The van der Waals surface area contributed by atoms with E-state index in [-0.39, 0.29) is 24.4 Å². The molecule has 2 atom stereocenters. The van der Waals surface area contributed by atoms with Crippen LogP contribution >= 0.6 is 0 Å². The van der Waals surface area contributed by atoms with E-state index in [4.69, 9.17) is 15.2 Å². The van der Waals surface area contributed by atoms with Crippen molar-refractivity contribution >= 4 is 5.69 Å². The number of hydrogen-bond acceptors (Lipinski definition) is 7. The predicted octanol–water partition coefficient (Wildman–Crippen LogP) is 0.633. The number of hydrogen-bond donors (Lipinski definition) is 1. The number of non-ortho nitro benzene ring substituents is 1. The monoisotopic (exact) mass is 319 g/mol. The molecular weight excluding hydrogens is 302 g/mol. The number of rotatable bonds is 5. The molecule has 23 heavy (non-hydrogen) atoms. The number of nitro groups is 1. The lowest BCUT2D eigenvalue weighted by Gasteiger charge is -2.14. The van der Waals surface area contributed by atoms with Crippen LogP contribution in [0.1, 0.15) is 5.56 Å². The summed E-state index contributed by atoms with van der Waals surface area (Å²) in [6, 6.07) is 4.59. The maximum atomic E-state index is 11.1. The van der Waals surface area contributed by atoms with E-state index in [1.807, 2.05) is 0 Å². The summed E-state index contributed by atoms with van der Waals surface area (Å²) in [5, 5.41) is 19.3. The van der Waals surface area contributed by atoms with Crippen molar-refractivity contribution in [2.45, 2.75) is 18.8 Å². The molecule has 1 saturated heterocycles. The Balaban J connectivity index is 1.84. The van der Waals surface area contributed by atoms with Gasteiger partial charge < -0.3 is 15.2 Å². The van der Waals surface area contributed by atoms with Crippen molar-refractivity contribution in [2.75, 3.05) is 13.2 Å². The molecular formula is C14H17N5O4. The molecule has 0 saturated carbocycles. The number of aryl methyl sites for hydroxylation is 1. The maximum Gasteiger partial charge on any atom is 0.270 e. The molecule has 0 radical (unpaired) electrons. The van der Waals surface area contributed by atoms with E-state index in [1.165, 1.54) is 16.9 Å². The van der Waals surface area contributed by atoms with E-state index in [1.54, 1.807) is 19.3 Å². The third-order valence-corrected chi connectivity index (χ3v) is 3.62. The van der Waals surface area contributed by atoms with E-state index in [9.17, 15) is 10.1 Å². The topological polar surface area (TPSA) is 118 Å². The Hall–Kier alpha value is -2.36. The first kappa shape index (κ1) is 15.5. The summed E-state index contributed by atoms with van der Waals surface area (Å²) in [4.78, 5) is 12.1. The fourth-order valence-electron chi connectivity index (χ4n) is 2.41. The highest BCUT2D eigenvalue weighted by Crippen LogP contribution is 2.25. The van der Waals surface area contributed by atoms with Gasteiger partial charge in [0.2, 0.25) is 0 Å². The Morgan fingerprint density at radius 2 is 2.30 bits per heavy atom. The van der Waals surface area contributed by atoms with Crippen molar-refractivity contribution in [2.24, 2.45) is 12.8 Å². The molecule has 0 amide bonds. The maximum absolute atomic E-state index is 11.1. The van der Waals surface area contributed by atoms with Crippen LogP contribution < -0.4 is 5.73 Å². The van der Waals surface area contributed by atoms with Gasteiger partial charge in [0.1, 0.15) is 5.69 Å². The molecule has 1 fully saturated rings. The molecule has 2 heterocycles. The van der Waals surface area contributed by atoms with Crippen LogP contribution in [0.2, 0.25) is 0 Å². The second kappa shape index (κ2) is 6.41. The molecule has 2 aromatic rings. The molecule has 1 aliphatic heterocycles. The average molecular weight is 319 g/mol. The van der Waals surface area contributed by atoms with Gasteiger partial charge in [-0.1, -0.05) is 0 Å². The van der Waals surface area contributed by atoms with Crippen molar-refractivity contribution in [3.63, 3.8) is 0 Å². The first-order valence-corrected chi connectivity index (χ1v) is 7.13. The van der Waals surface area contributed by atoms with E-state index < -0.39 is 4.92 Å². The molecule has 0 aliphatic carbocycles. The highest BCUT2D eigenvalue weighted by molar-refractivity contribution is 5.62. The summed E-state index contributed by atoms with van der Waals surface area (Å²) in [5.41, 5.74) is 7.72. The van der Waals surface area contributed by atoms with Crippen molar-refractivity contribution in [1.29, 1.82) is 0 Å². The predicted molar refractivity (Wildman–Crippen MR) is 80.5 cm³/mol. The Bertz CT molecular complexity index is 717. The Labute approximate surface area is 132 Å². The van der Waals surface area contributed by atoms with Crippen LogP contribution in [0.15, 0.2) is 24.4 Å². The normalized spacial score (nSPS) is 20.8. The van der Waals surface area contributed by atoms with Crippen molar-refractivity contribution in [1.82, 2.24) is 15.0 Å². The smallest absolute Gasteiger partial charge is 0.270 e. The molecule has 1 aromatic heterocycles. The first-order chi connectivity index (χ1) is 11.0. The Morgan fingerprint density at radius 3 is 2.91 bits per heavy atom. The van der Waals surface area contributed by atoms with Gasteiger partial charge in [0.05, 0.1) is 43.1 Å². The van der Waals surface area contributed by atoms with Crippen LogP contribution in [0.5, 0.6) is 0 Å². The molecule has 2 N–H and O–H groups in total. The lowest BCUT2D eigenvalue weighted by Crippen LogP contribution is -2.34. The lowest BCUT2D eigenvalue weighted by molar-refractivity contribution is -0.384. The van der Waals surface area contributed by atoms with Crippen LogP contribution in [0.4, 0.5) is 5.69 Å². The van der Waals surface area contributed by atoms with Crippen LogP contribution in [0.25, 0.3) is 11.3 Å². The molecule has 0 unspecified atom stereocenters. The van der Waals surface area contributed by atoms with Crippen LogP contribution in [-0.2, 0) is 23.1 Å². The van der Waals surface area contributed by atoms with Crippen molar-refractivity contribution in [3.05, 3.63) is 40.1 Å². The molecule has 1 aliphatic rings. The zero-order chi connectivity index (χ0) is 16.4. The van der Waals surface area contributed by atoms with Gasteiger partial charge in [-0.2, -0.15) is 15.0 Å². The standard InChI is InChI=1S/C14H17N5O4/c1-18-16-5-13(17-18)10-2-9(3-11(4-10)19(20)21)6-23-14-8-22-7-12(14)15/h2-5,12,14H,6-8,15H2,1H3/t12-,14-/m1/s1. The minimum absolute atomic E-state index is 0.0151. The minimum Gasteiger partial charge on any atom is -0.377 e. The van der Waals surface area contributed by atoms with Gasteiger partial charge in [0.25, 0.3) is 5.69 Å². The van der Waals surface area contributed by atoms with E-state index in [0.29, 0.717) is 30.0 Å². The fraction of sp³-hybridized carbons (Fsp3) is 0.429. The van der Waals surface area contributed by atoms with E-state index in [2.05, 4.69) is 10.2 Å². The summed E-state index contributed by atoms with van der Waals surface area (Å²) in [6.07, 6.45) is 1.36. The van der Waals surface area contributed by atoms with Gasteiger partial charge in [-0.15, -0.1) is 0 Å². The number of ether oxygens (including phenoxy) is 2. The third-order valence-electron chi connectivity index (χ3n) is 3.62. The van der Waals surface area contributed by atoms with E-state index >= 15 is 0 Å². The van der Waals surface area contributed by atoms with Crippen LogP contribution in [0, 0.1) is 10.1 Å². The fourth-order valence-corrected chi connectivity index (χ4v) is 2.41. The second-order valence-corrected chi connectivity index (χ2v) is 5.42. The summed E-state index contributed by atoms with van der Waals surface area (Å²) < 4.78 is 11.0. The van der Waals surface area contributed by atoms with E-state index in [0.717, 1.165) is 0 Å². The van der Waals surface area contributed by atoms with Gasteiger partial charge in [0, 0.05) is 24.7 Å². The quantitative estimate of drug-likeness (QED) is 0.634. The average Bonchev–Trinajstić information content (AvgIpc) is 3.13. The summed E-state index contributed by atoms with van der Waals surface area (Å²) in [7, 11) is 1.69. The van der Waals surface area contributed by atoms with Gasteiger partial charge >= 0.3 is 0 Å². The minimum atomic E-state index is -0.437. The van der Waals surface area contributed by atoms with Gasteiger partial charge in [-0.3, -0.25) is 10.1 Å². The molecule has 9 nitrogen and oxygen atoms in total. The van der Waals surface area contributed by atoms with Crippen LogP contribution in [0.3, 0.4) is 0 Å². The van der Waals surface area contributed by atoms with Gasteiger partial charge in [-0.25, -0.2) is 0 Å². The summed E-state index contributed by atoms with van der Waals surface area (Å²) in [5.74, 6) is 0. The second-order valence-electron chi connectivity index (χ2n) is 5.42. The molecule has 1 aromatic carbocycles. The molecule has 122 valence electrons. The molecule has 0 bridgehead atoms. The Morgan fingerprint density at radius 1 is 1.48 bits per heavy atom. The number of nitro benzene ring substituents is 1. The van der Waals surface area contributed by atoms with Crippen molar-refractivity contribution < 1.29 is 14.4 Å². The van der Waals surface area contributed by atoms with Crippen LogP contribution in [-0.4, -0.2) is 45.3 Å². The number of aromatic nitrogens is 3. The number of benzene rings is 1. The molecule has 0 spiro atoms. The zero-order valence-corrected chi connectivity index (χ0v) is 12.6. The SMILES string of the molecule is Cn1ncc(-c2cc(CO[C@@H]3COC[C@H]3N)cc([N+](=O)[O-])c2)n1. The zero-order valence-electron chi connectivity index (χ0n) is 12.6. The first-order valence-electron chi connectivity index (χ1n) is 7.13. The molecule has 9 heteroatoms. The largest absolute Gasteiger partial charge is 0.377 e. The highest BCUT2D eigenvalue weighted by Gasteiger charge is 2.25. The number of nitrogens with zero attached hydrogens (tertiary/aromatic N) is 4. The number of nitrogens with two attached hydrogens (primary N) is 1. The summed E-state index contributed by atoms with van der Waals surface area (Å²) in [6.45, 7) is 1.12. The highest BCUT2D eigenvalue weighted by atomic mass is 16.6. The van der Waals surface area contributed by atoms with Gasteiger partial charge in [0.15, 0.2) is 0 Å².